The quantitative estimate of drug-likeness (QED) is 0.706. The van der Waals surface area contributed by atoms with Gasteiger partial charge >= 0.3 is 0 Å². The van der Waals surface area contributed by atoms with Crippen LogP contribution in [0.4, 0.5) is 4.39 Å². The first kappa shape index (κ1) is 10.1. The molecule has 0 aliphatic rings. The van der Waals surface area contributed by atoms with Crippen molar-refractivity contribution in [3.63, 3.8) is 0 Å². The topological polar surface area (TPSA) is 12.9 Å². The molecule has 1 aromatic heterocycles. The molecule has 0 bridgehead atoms. The van der Waals surface area contributed by atoms with Crippen molar-refractivity contribution in [2.24, 2.45) is 0 Å². The maximum atomic E-state index is 13.5. The van der Waals surface area contributed by atoms with Crippen LogP contribution in [0.2, 0.25) is 0 Å². The summed E-state index contributed by atoms with van der Waals surface area (Å²) in [7, 11) is 0. The van der Waals surface area contributed by atoms with Crippen molar-refractivity contribution in [3.05, 3.63) is 54.1 Å². The summed E-state index contributed by atoms with van der Waals surface area (Å²) in [5.41, 5.74) is 2.18. The van der Waals surface area contributed by atoms with E-state index in [-0.39, 0.29) is 5.82 Å². The maximum Gasteiger partial charge on any atom is 0.131 e. The van der Waals surface area contributed by atoms with Crippen LogP contribution in [-0.2, 0) is 5.88 Å². The van der Waals surface area contributed by atoms with Gasteiger partial charge < -0.3 is 0 Å². The van der Waals surface area contributed by atoms with Crippen molar-refractivity contribution >= 4 is 11.6 Å². The molecule has 1 aromatic carbocycles. The van der Waals surface area contributed by atoms with E-state index in [1.165, 1.54) is 6.07 Å². The lowest BCUT2D eigenvalue weighted by Crippen LogP contribution is -1.90. The number of hydrogen-bond donors (Lipinski definition) is 0. The van der Waals surface area contributed by atoms with Gasteiger partial charge in [-0.05, 0) is 17.7 Å². The van der Waals surface area contributed by atoms with Gasteiger partial charge in [0.05, 0.1) is 0 Å². The molecule has 0 saturated heterocycles. The highest BCUT2D eigenvalue weighted by atomic mass is 35.5. The summed E-state index contributed by atoms with van der Waals surface area (Å²) in [5, 5.41) is 0. The summed E-state index contributed by atoms with van der Waals surface area (Å²) in [4.78, 5) is 3.99. The van der Waals surface area contributed by atoms with Crippen molar-refractivity contribution in [3.8, 4) is 11.1 Å². The Kier molecular flexibility index (Phi) is 2.97. The van der Waals surface area contributed by atoms with Crippen LogP contribution in [0, 0.1) is 5.82 Å². The molecule has 15 heavy (non-hydrogen) atoms. The highest BCUT2D eigenvalue weighted by molar-refractivity contribution is 6.17. The third-order valence-corrected chi connectivity index (χ3v) is 2.51. The molecule has 0 atom stereocenters. The highest BCUT2D eigenvalue weighted by Crippen LogP contribution is 2.26. The van der Waals surface area contributed by atoms with Gasteiger partial charge in [0.1, 0.15) is 5.82 Å². The summed E-state index contributed by atoms with van der Waals surface area (Å²) in [6.45, 7) is 0. The van der Waals surface area contributed by atoms with Crippen LogP contribution >= 0.6 is 11.6 Å². The Labute approximate surface area is 92.5 Å². The van der Waals surface area contributed by atoms with Gasteiger partial charge in [0.25, 0.3) is 0 Å². The van der Waals surface area contributed by atoms with Gasteiger partial charge in [-0.1, -0.05) is 18.2 Å². The zero-order chi connectivity index (χ0) is 10.7. The fourth-order valence-electron chi connectivity index (χ4n) is 1.46. The number of benzene rings is 1. The van der Waals surface area contributed by atoms with E-state index in [2.05, 4.69) is 4.98 Å². The predicted octanol–water partition coefficient (Wildman–Crippen LogP) is 3.63. The van der Waals surface area contributed by atoms with Crippen molar-refractivity contribution in [2.45, 2.75) is 5.88 Å². The molecular formula is C12H9ClFN. The van der Waals surface area contributed by atoms with Crippen LogP contribution in [-0.4, -0.2) is 4.98 Å². The first-order chi connectivity index (χ1) is 7.33. The number of alkyl halides is 1. The lowest BCUT2D eigenvalue weighted by molar-refractivity contribution is 0.631. The van der Waals surface area contributed by atoms with Crippen molar-refractivity contribution in [2.75, 3.05) is 0 Å². The molecule has 2 rings (SSSR count). The van der Waals surface area contributed by atoms with Gasteiger partial charge in [-0.25, -0.2) is 4.39 Å². The van der Waals surface area contributed by atoms with E-state index in [9.17, 15) is 4.39 Å². The molecule has 0 amide bonds. The van der Waals surface area contributed by atoms with Gasteiger partial charge in [-0.2, -0.15) is 0 Å². The van der Waals surface area contributed by atoms with E-state index in [0.29, 0.717) is 11.4 Å². The number of nitrogens with zero attached hydrogens (tertiary/aromatic N) is 1. The monoisotopic (exact) mass is 221 g/mol. The summed E-state index contributed by atoms with van der Waals surface area (Å²) in [6.07, 6.45) is 3.29. The zero-order valence-electron chi connectivity index (χ0n) is 7.95. The highest BCUT2D eigenvalue weighted by Gasteiger charge is 2.07. The molecule has 0 spiro atoms. The molecule has 0 fully saturated rings. The van der Waals surface area contributed by atoms with Crippen molar-refractivity contribution < 1.29 is 4.39 Å². The largest absolute Gasteiger partial charge is 0.264 e. The second-order valence-electron chi connectivity index (χ2n) is 3.15. The van der Waals surface area contributed by atoms with Gasteiger partial charge in [-0.15, -0.1) is 11.6 Å². The Bertz CT molecular complexity index is 471. The Morgan fingerprint density at radius 3 is 2.67 bits per heavy atom. The Morgan fingerprint density at radius 1 is 1.13 bits per heavy atom. The van der Waals surface area contributed by atoms with Crippen LogP contribution in [0.25, 0.3) is 11.1 Å². The summed E-state index contributed by atoms with van der Waals surface area (Å²) in [5.74, 6) is 0.100. The third-order valence-electron chi connectivity index (χ3n) is 2.22. The zero-order valence-corrected chi connectivity index (χ0v) is 8.71. The van der Waals surface area contributed by atoms with Crippen molar-refractivity contribution in [1.82, 2.24) is 4.98 Å². The average Bonchev–Trinajstić information content (AvgIpc) is 2.30. The second kappa shape index (κ2) is 4.41. The minimum atomic E-state index is -0.253. The lowest BCUT2D eigenvalue weighted by Gasteiger charge is -2.06. The molecule has 0 aliphatic heterocycles. The molecule has 2 aromatic rings. The van der Waals surface area contributed by atoms with E-state index in [4.69, 9.17) is 11.6 Å². The van der Waals surface area contributed by atoms with Gasteiger partial charge in [0.2, 0.25) is 0 Å². The molecule has 0 unspecified atom stereocenters. The van der Waals surface area contributed by atoms with E-state index in [1.54, 1.807) is 36.7 Å². The van der Waals surface area contributed by atoms with Gasteiger partial charge in [0.15, 0.2) is 0 Å². The van der Waals surface area contributed by atoms with Crippen LogP contribution in [0.5, 0.6) is 0 Å². The second-order valence-corrected chi connectivity index (χ2v) is 3.41. The first-order valence-corrected chi connectivity index (χ1v) is 5.10. The molecule has 3 heteroatoms. The van der Waals surface area contributed by atoms with Crippen LogP contribution < -0.4 is 0 Å². The van der Waals surface area contributed by atoms with E-state index < -0.39 is 0 Å². The minimum absolute atomic E-state index is 0.253. The molecule has 0 saturated carbocycles. The smallest absolute Gasteiger partial charge is 0.131 e. The minimum Gasteiger partial charge on any atom is -0.264 e. The van der Waals surface area contributed by atoms with Crippen molar-refractivity contribution in [1.29, 1.82) is 0 Å². The number of aromatic nitrogens is 1. The Balaban J connectivity index is 2.59. The predicted molar refractivity (Wildman–Crippen MR) is 59.2 cm³/mol. The fraction of sp³-hybridized carbons (Fsp3) is 0.0833. The molecular weight excluding hydrogens is 213 g/mol. The molecule has 0 radical (unpaired) electrons. The third kappa shape index (κ3) is 2.00. The molecule has 1 heterocycles. The van der Waals surface area contributed by atoms with Crippen LogP contribution in [0.15, 0.2) is 42.7 Å². The first-order valence-electron chi connectivity index (χ1n) is 4.56. The fourth-order valence-corrected chi connectivity index (χ4v) is 1.70. The summed E-state index contributed by atoms with van der Waals surface area (Å²) >= 11 is 5.78. The summed E-state index contributed by atoms with van der Waals surface area (Å²) < 4.78 is 13.5. The number of hydrogen-bond acceptors (Lipinski definition) is 1. The number of halogens is 2. The maximum absolute atomic E-state index is 13.5. The van der Waals surface area contributed by atoms with E-state index in [0.717, 1.165) is 11.1 Å². The Morgan fingerprint density at radius 2 is 1.93 bits per heavy atom. The van der Waals surface area contributed by atoms with E-state index in [1.807, 2.05) is 0 Å². The molecule has 1 nitrogen and oxygen atoms in total. The molecule has 0 N–H and O–H groups in total. The molecule has 0 aliphatic carbocycles. The van der Waals surface area contributed by atoms with Gasteiger partial charge in [-0.3, -0.25) is 4.98 Å². The van der Waals surface area contributed by atoms with Gasteiger partial charge in [0, 0.05) is 29.4 Å². The number of pyridine rings is 1. The molecule has 76 valence electrons. The number of rotatable bonds is 2. The normalized spacial score (nSPS) is 10.3. The van der Waals surface area contributed by atoms with E-state index >= 15 is 0 Å². The van der Waals surface area contributed by atoms with Crippen LogP contribution in [0.3, 0.4) is 0 Å². The SMILES string of the molecule is Fc1ccccc1-c1cnccc1CCl. The standard InChI is InChI=1S/C12H9ClFN/c13-7-9-5-6-15-8-11(9)10-3-1-2-4-12(10)14/h1-6,8H,7H2. The Hall–Kier alpha value is -1.41. The lowest BCUT2D eigenvalue weighted by atomic mass is 10.0. The average molecular weight is 222 g/mol. The van der Waals surface area contributed by atoms with Crippen LogP contribution in [0.1, 0.15) is 5.56 Å². The summed E-state index contributed by atoms with van der Waals surface area (Å²) in [6, 6.07) is 8.41.